The Bertz CT molecular complexity index is 1440. The van der Waals surface area contributed by atoms with Crippen LogP contribution in [0.2, 0.25) is 0 Å². The Kier molecular flexibility index (Phi) is 5.09. The summed E-state index contributed by atoms with van der Waals surface area (Å²) in [6, 6.07) is 19.4. The van der Waals surface area contributed by atoms with E-state index in [1.807, 2.05) is 71.4 Å². The molecule has 0 amide bonds. The van der Waals surface area contributed by atoms with Crippen molar-refractivity contribution in [3.63, 3.8) is 0 Å². The minimum Gasteiger partial charge on any atom is -0.299 e. The van der Waals surface area contributed by atoms with Crippen LogP contribution >= 0.6 is 0 Å². The molecule has 4 aromatic rings. The van der Waals surface area contributed by atoms with Crippen molar-refractivity contribution in [1.82, 2.24) is 19.1 Å². The van der Waals surface area contributed by atoms with Gasteiger partial charge in [0.25, 0.3) is 5.56 Å². The molecule has 0 unspecified atom stereocenters. The third-order valence-electron chi connectivity index (χ3n) is 5.20. The first-order valence-electron chi connectivity index (χ1n) is 10.2. The molecule has 8 nitrogen and oxygen atoms in total. The summed E-state index contributed by atoms with van der Waals surface area (Å²) in [5.74, 6) is 0.514. The molecule has 32 heavy (non-hydrogen) atoms. The summed E-state index contributed by atoms with van der Waals surface area (Å²) in [6.45, 7) is 0.710. The number of nitrogens with one attached hydrogen (secondary N) is 1. The molecule has 1 aliphatic rings. The molecule has 158 valence electrons. The molecule has 0 radical (unpaired) electrons. The number of hydrogen-bond acceptors (Lipinski definition) is 5. The van der Waals surface area contributed by atoms with E-state index in [-0.39, 0.29) is 0 Å². The summed E-state index contributed by atoms with van der Waals surface area (Å²) in [5, 5.41) is 0. The average Bonchev–Trinajstić information content (AvgIpc) is 2.98. The van der Waals surface area contributed by atoms with Crippen LogP contribution in [0.4, 0.5) is 5.95 Å². The molecule has 3 heterocycles. The van der Waals surface area contributed by atoms with E-state index in [2.05, 4.69) is 9.98 Å². The van der Waals surface area contributed by atoms with Crippen molar-refractivity contribution in [2.24, 2.45) is 4.99 Å². The number of aliphatic imine (C=N–C) groups is 1. The van der Waals surface area contributed by atoms with Crippen molar-refractivity contribution < 1.29 is 0 Å². The van der Waals surface area contributed by atoms with E-state index in [1.54, 1.807) is 29.6 Å². The van der Waals surface area contributed by atoms with E-state index in [0.29, 0.717) is 30.2 Å². The molecular weight excluding hydrogens is 404 g/mol. The molecular formula is C24H20N6O2. The topological polar surface area (TPSA) is 88.3 Å². The van der Waals surface area contributed by atoms with Crippen molar-refractivity contribution in [2.45, 2.75) is 13.1 Å². The Morgan fingerprint density at radius 1 is 0.812 bits per heavy atom. The lowest BCUT2D eigenvalue weighted by Gasteiger charge is -2.16. The van der Waals surface area contributed by atoms with E-state index < -0.39 is 11.2 Å². The first-order valence-corrected chi connectivity index (χ1v) is 10.2. The van der Waals surface area contributed by atoms with Gasteiger partial charge in [-0.1, -0.05) is 60.7 Å². The normalized spacial score (nSPS) is 13.1. The van der Waals surface area contributed by atoms with Crippen LogP contribution in [0, 0.1) is 0 Å². The SMILES string of the molecule is O=c1[nH]c(=O)n(Cc2ccccc2)c2nc(N3C=CC=NC=C3)n(Cc3ccccc3)c12. The third-order valence-corrected chi connectivity index (χ3v) is 5.20. The molecule has 0 atom stereocenters. The molecule has 1 aliphatic heterocycles. The summed E-state index contributed by atoms with van der Waals surface area (Å²) in [5.41, 5.74) is 1.65. The first-order chi connectivity index (χ1) is 15.7. The van der Waals surface area contributed by atoms with Crippen molar-refractivity contribution in [3.8, 4) is 0 Å². The summed E-state index contributed by atoms with van der Waals surface area (Å²) in [4.78, 5) is 38.9. The van der Waals surface area contributed by atoms with Gasteiger partial charge in [0.05, 0.1) is 13.1 Å². The van der Waals surface area contributed by atoms with E-state index in [0.717, 1.165) is 11.1 Å². The second kappa shape index (κ2) is 8.35. The van der Waals surface area contributed by atoms with Crippen LogP contribution in [0.15, 0.2) is 99.9 Å². The number of benzene rings is 2. The highest BCUT2D eigenvalue weighted by Gasteiger charge is 2.21. The number of anilines is 1. The summed E-state index contributed by atoms with van der Waals surface area (Å²) < 4.78 is 3.32. The zero-order valence-electron chi connectivity index (χ0n) is 17.1. The molecule has 0 fully saturated rings. The van der Waals surface area contributed by atoms with Crippen LogP contribution in [0.3, 0.4) is 0 Å². The van der Waals surface area contributed by atoms with E-state index >= 15 is 0 Å². The largest absolute Gasteiger partial charge is 0.330 e. The maximum atomic E-state index is 13.0. The number of fused-ring (bicyclic) bond motifs is 1. The zero-order chi connectivity index (χ0) is 21.9. The number of aromatic nitrogens is 4. The number of rotatable bonds is 5. The van der Waals surface area contributed by atoms with Crippen LogP contribution in [0.5, 0.6) is 0 Å². The van der Waals surface area contributed by atoms with Gasteiger partial charge in [-0.15, -0.1) is 0 Å². The van der Waals surface area contributed by atoms with Crippen LogP contribution in [-0.4, -0.2) is 25.3 Å². The maximum absolute atomic E-state index is 13.0. The second-order valence-corrected chi connectivity index (χ2v) is 7.33. The maximum Gasteiger partial charge on any atom is 0.330 e. The number of H-pyrrole nitrogens is 1. The molecule has 0 spiro atoms. The van der Waals surface area contributed by atoms with E-state index in [4.69, 9.17) is 4.98 Å². The molecule has 1 N–H and O–H groups in total. The van der Waals surface area contributed by atoms with Gasteiger partial charge in [-0.05, 0) is 17.2 Å². The monoisotopic (exact) mass is 424 g/mol. The van der Waals surface area contributed by atoms with Crippen molar-refractivity contribution in [3.05, 3.63) is 117 Å². The molecule has 8 heteroatoms. The molecule has 2 aromatic carbocycles. The molecule has 0 bridgehead atoms. The predicted octanol–water partition coefficient (Wildman–Crippen LogP) is 2.86. The van der Waals surface area contributed by atoms with Crippen molar-refractivity contribution in [2.75, 3.05) is 4.90 Å². The summed E-state index contributed by atoms with van der Waals surface area (Å²) in [7, 11) is 0. The van der Waals surface area contributed by atoms with Crippen molar-refractivity contribution in [1.29, 1.82) is 0 Å². The lowest BCUT2D eigenvalue weighted by molar-refractivity contribution is 0.745. The average molecular weight is 424 g/mol. The summed E-state index contributed by atoms with van der Waals surface area (Å²) in [6.07, 6.45) is 8.67. The van der Waals surface area contributed by atoms with Crippen LogP contribution in [0.25, 0.3) is 11.2 Å². The molecule has 5 rings (SSSR count). The Balaban J connectivity index is 1.74. The predicted molar refractivity (Wildman–Crippen MR) is 125 cm³/mol. The third kappa shape index (κ3) is 3.69. The zero-order valence-corrected chi connectivity index (χ0v) is 17.1. The van der Waals surface area contributed by atoms with E-state index in [1.165, 1.54) is 4.57 Å². The number of imidazole rings is 1. The smallest absolute Gasteiger partial charge is 0.299 e. The number of nitrogens with zero attached hydrogens (tertiary/aromatic N) is 5. The van der Waals surface area contributed by atoms with Crippen LogP contribution in [-0.2, 0) is 13.1 Å². The van der Waals surface area contributed by atoms with Gasteiger partial charge < -0.3 is 0 Å². The Labute approximate surface area is 183 Å². The Hall–Kier alpha value is -4.46. The Morgan fingerprint density at radius 3 is 2.16 bits per heavy atom. The standard InChI is InChI=1S/C24H20N6O2/c31-22-20-21(30(24(32)27-22)17-19-10-5-2-6-11-19)26-23(28-14-7-12-25-13-15-28)29(20)16-18-8-3-1-4-9-18/h1-15H,16-17H2,(H,27,31,32). The highest BCUT2D eigenvalue weighted by molar-refractivity contribution is 5.77. The molecule has 2 aromatic heterocycles. The fourth-order valence-corrected chi connectivity index (χ4v) is 3.71. The summed E-state index contributed by atoms with van der Waals surface area (Å²) >= 11 is 0. The van der Waals surface area contributed by atoms with Gasteiger partial charge in [0.1, 0.15) is 0 Å². The molecule has 0 saturated heterocycles. The number of aromatic amines is 1. The lowest BCUT2D eigenvalue weighted by atomic mass is 10.2. The van der Waals surface area contributed by atoms with Gasteiger partial charge in [-0.25, -0.2) is 4.79 Å². The van der Waals surface area contributed by atoms with Crippen LogP contribution < -0.4 is 16.1 Å². The van der Waals surface area contributed by atoms with Gasteiger partial charge in [0.2, 0.25) is 5.95 Å². The highest BCUT2D eigenvalue weighted by Crippen LogP contribution is 2.23. The highest BCUT2D eigenvalue weighted by atomic mass is 16.2. The van der Waals surface area contributed by atoms with Gasteiger partial charge in [0, 0.05) is 24.8 Å². The minimum absolute atomic E-state index is 0.295. The van der Waals surface area contributed by atoms with Gasteiger partial charge in [-0.3, -0.25) is 28.8 Å². The van der Waals surface area contributed by atoms with Crippen molar-refractivity contribution >= 4 is 23.3 Å². The molecule has 0 aliphatic carbocycles. The number of hydrogen-bond donors (Lipinski definition) is 1. The minimum atomic E-state index is -0.493. The number of allylic oxidation sites excluding steroid dienone is 1. The quantitative estimate of drug-likeness (QED) is 0.534. The first kappa shape index (κ1) is 19.5. The van der Waals surface area contributed by atoms with E-state index in [9.17, 15) is 9.59 Å². The fourth-order valence-electron chi connectivity index (χ4n) is 3.71. The van der Waals surface area contributed by atoms with Crippen LogP contribution in [0.1, 0.15) is 11.1 Å². The molecule has 0 saturated carbocycles. The fraction of sp³-hybridized carbons (Fsp3) is 0.0833. The van der Waals surface area contributed by atoms with Gasteiger partial charge >= 0.3 is 5.69 Å². The lowest BCUT2D eigenvalue weighted by Crippen LogP contribution is -2.31. The van der Waals surface area contributed by atoms with Gasteiger partial charge in [-0.2, -0.15) is 4.98 Å². The Morgan fingerprint density at radius 2 is 1.47 bits per heavy atom. The van der Waals surface area contributed by atoms with Gasteiger partial charge in [0.15, 0.2) is 11.2 Å². The second-order valence-electron chi connectivity index (χ2n) is 7.33.